The number of anilines is 1. The van der Waals surface area contributed by atoms with Crippen LogP contribution in [0.5, 0.6) is 0 Å². The lowest BCUT2D eigenvalue weighted by atomic mass is 9.85. The van der Waals surface area contributed by atoms with E-state index in [0.717, 1.165) is 20.7 Å². The van der Waals surface area contributed by atoms with Crippen LogP contribution in [0.4, 0.5) is 5.69 Å². The molecular weight excluding hydrogens is 381 g/mol. The van der Waals surface area contributed by atoms with E-state index in [1.165, 1.54) is 11.1 Å². The highest BCUT2D eigenvalue weighted by atomic mass is 127. The Morgan fingerprint density at radius 2 is 1.95 bits per heavy atom. The van der Waals surface area contributed by atoms with E-state index in [1.807, 2.05) is 12.1 Å². The van der Waals surface area contributed by atoms with Crippen molar-refractivity contribution in [3.8, 4) is 0 Å². The summed E-state index contributed by atoms with van der Waals surface area (Å²) >= 11 is 8.38. The molecule has 2 aromatic rings. The SMILES string of the molecule is CC1(C)Cc2ccccc2C1Nc1ccc(Cl)cc1I. The summed E-state index contributed by atoms with van der Waals surface area (Å²) in [6.45, 7) is 4.65. The van der Waals surface area contributed by atoms with Crippen LogP contribution in [0.15, 0.2) is 42.5 Å². The Morgan fingerprint density at radius 3 is 2.70 bits per heavy atom. The van der Waals surface area contributed by atoms with Gasteiger partial charge in [-0.2, -0.15) is 0 Å². The fourth-order valence-electron chi connectivity index (χ4n) is 3.03. The van der Waals surface area contributed by atoms with Crippen molar-refractivity contribution in [1.82, 2.24) is 0 Å². The zero-order valence-corrected chi connectivity index (χ0v) is 14.5. The van der Waals surface area contributed by atoms with Crippen LogP contribution in [-0.2, 0) is 6.42 Å². The second kappa shape index (κ2) is 5.23. The van der Waals surface area contributed by atoms with Gasteiger partial charge in [-0.3, -0.25) is 0 Å². The molecule has 0 saturated heterocycles. The van der Waals surface area contributed by atoms with Crippen molar-refractivity contribution in [3.05, 3.63) is 62.2 Å². The highest BCUT2D eigenvalue weighted by Gasteiger charge is 2.38. The van der Waals surface area contributed by atoms with Crippen molar-refractivity contribution in [3.63, 3.8) is 0 Å². The van der Waals surface area contributed by atoms with Gasteiger partial charge in [0.05, 0.1) is 6.04 Å². The molecule has 0 radical (unpaired) electrons. The van der Waals surface area contributed by atoms with E-state index in [9.17, 15) is 0 Å². The lowest BCUT2D eigenvalue weighted by molar-refractivity contribution is 0.337. The molecule has 1 atom stereocenters. The number of benzene rings is 2. The Labute approximate surface area is 138 Å². The van der Waals surface area contributed by atoms with Crippen molar-refractivity contribution >= 4 is 39.9 Å². The van der Waals surface area contributed by atoms with E-state index in [-0.39, 0.29) is 5.41 Å². The maximum atomic E-state index is 6.04. The van der Waals surface area contributed by atoms with Crippen molar-refractivity contribution in [2.24, 2.45) is 5.41 Å². The first kappa shape index (κ1) is 14.2. The Balaban J connectivity index is 1.97. The van der Waals surface area contributed by atoms with Gasteiger partial charge in [-0.15, -0.1) is 0 Å². The molecule has 1 aliphatic carbocycles. The highest BCUT2D eigenvalue weighted by Crippen LogP contribution is 2.47. The molecule has 0 heterocycles. The quantitative estimate of drug-likeness (QED) is 0.643. The number of hydrogen-bond donors (Lipinski definition) is 1. The van der Waals surface area contributed by atoms with E-state index in [4.69, 9.17) is 11.6 Å². The minimum absolute atomic E-state index is 0.215. The molecule has 20 heavy (non-hydrogen) atoms. The fraction of sp³-hybridized carbons (Fsp3) is 0.294. The minimum atomic E-state index is 0.215. The largest absolute Gasteiger partial charge is 0.377 e. The van der Waals surface area contributed by atoms with Gasteiger partial charge in [-0.1, -0.05) is 49.7 Å². The topological polar surface area (TPSA) is 12.0 Å². The summed E-state index contributed by atoms with van der Waals surface area (Å²) in [4.78, 5) is 0. The van der Waals surface area contributed by atoms with Crippen molar-refractivity contribution in [2.45, 2.75) is 26.3 Å². The van der Waals surface area contributed by atoms with E-state index < -0.39 is 0 Å². The van der Waals surface area contributed by atoms with Gasteiger partial charge < -0.3 is 5.32 Å². The molecule has 0 spiro atoms. The van der Waals surface area contributed by atoms with Crippen LogP contribution in [0.2, 0.25) is 5.02 Å². The first-order valence-electron chi connectivity index (χ1n) is 6.77. The van der Waals surface area contributed by atoms with Crippen LogP contribution in [0.25, 0.3) is 0 Å². The van der Waals surface area contributed by atoms with Crippen molar-refractivity contribution in [2.75, 3.05) is 5.32 Å². The van der Waals surface area contributed by atoms with Gasteiger partial charge >= 0.3 is 0 Å². The zero-order chi connectivity index (χ0) is 14.3. The standard InChI is InChI=1S/C17H17ClIN/c1-17(2)10-11-5-3-4-6-13(11)16(17)20-15-8-7-12(18)9-14(15)19/h3-9,16,20H,10H2,1-2H3. The lowest BCUT2D eigenvalue weighted by Crippen LogP contribution is -2.24. The number of halogens is 2. The Bertz CT molecular complexity index is 651. The third kappa shape index (κ3) is 2.56. The zero-order valence-electron chi connectivity index (χ0n) is 11.6. The molecule has 104 valence electrons. The molecule has 1 unspecified atom stereocenters. The average molecular weight is 398 g/mol. The lowest BCUT2D eigenvalue weighted by Gasteiger charge is -2.30. The average Bonchev–Trinajstić information content (AvgIpc) is 2.63. The molecule has 0 amide bonds. The molecule has 1 N–H and O–H groups in total. The van der Waals surface area contributed by atoms with E-state index in [1.54, 1.807) is 0 Å². The predicted molar refractivity (Wildman–Crippen MR) is 94.5 cm³/mol. The van der Waals surface area contributed by atoms with Crippen molar-refractivity contribution < 1.29 is 0 Å². The molecule has 0 fully saturated rings. The van der Waals surface area contributed by atoms with Gasteiger partial charge in [-0.05, 0) is 63.8 Å². The molecule has 0 aromatic heterocycles. The Morgan fingerprint density at radius 1 is 1.20 bits per heavy atom. The number of hydrogen-bond acceptors (Lipinski definition) is 1. The number of rotatable bonds is 2. The first-order valence-corrected chi connectivity index (χ1v) is 8.22. The van der Waals surface area contributed by atoms with Gasteiger partial charge in [0, 0.05) is 14.3 Å². The van der Waals surface area contributed by atoms with E-state index in [2.05, 4.69) is 72.1 Å². The summed E-state index contributed by atoms with van der Waals surface area (Å²) in [5.41, 5.74) is 4.25. The summed E-state index contributed by atoms with van der Waals surface area (Å²) in [6.07, 6.45) is 1.12. The van der Waals surface area contributed by atoms with Crippen molar-refractivity contribution in [1.29, 1.82) is 0 Å². The van der Waals surface area contributed by atoms with Gasteiger partial charge in [0.2, 0.25) is 0 Å². The second-order valence-corrected chi connectivity index (χ2v) is 7.66. The predicted octanol–water partition coefficient (Wildman–Crippen LogP) is 5.68. The van der Waals surface area contributed by atoms with Gasteiger partial charge in [-0.25, -0.2) is 0 Å². The van der Waals surface area contributed by atoms with E-state index in [0.29, 0.717) is 6.04 Å². The third-order valence-corrected chi connectivity index (χ3v) is 5.15. The summed E-state index contributed by atoms with van der Waals surface area (Å²) in [5, 5.41) is 4.50. The smallest absolute Gasteiger partial charge is 0.0571 e. The molecule has 0 aliphatic heterocycles. The maximum Gasteiger partial charge on any atom is 0.0571 e. The molecule has 1 nitrogen and oxygen atoms in total. The normalized spacial score (nSPS) is 19.7. The monoisotopic (exact) mass is 397 g/mol. The molecule has 1 aliphatic rings. The fourth-order valence-corrected chi connectivity index (χ4v) is 4.05. The van der Waals surface area contributed by atoms with Gasteiger partial charge in [0.25, 0.3) is 0 Å². The first-order chi connectivity index (χ1) is 9.47. The van der Waals surface area contributed by atoms with Crippen LogP contribution >= 0.6 is 34.2 Å². The second-order valence-electron chi connectivity index (χ2n) is 6.07. The molecule has 0 bridgehead atoms. The summed E-state index contributed by atoms with van der Waals surface area (Å²) in [5.74, 6) is 0. The molecule has 0 saturated carbocycles. The Hall–Kier alpha value is -0.740. The van der Waals surface area contributed by atoms with Crippen LogP contribution in [0, 0.1) is 8.99 Å². The van der Waals surface area contributed by atoms with Crippen LogP contribution in [0.3, 0.4) is 0 Å². The van der Waals surface area contributed by atoms with Gasteiger partial charge in [0.1, 0.15) is 0 Å². The molecule has 2 aromatic carbocycles. The Kier molecular flexibility index (Phi) is 3.71. The number of nitrogens with one attached hydrogen (secondary N) is 1. The summed E-state index contributed by atoms with van der Waals surface area (Å²) in [7, 11) is 0. The molecular formula is C17H17ClIN. The maximum absolute atomic E-state index is 6.04. The minimum Gasteiger partial charge on any atom is -0.377 e. The van der Waals surface area contributed by atoms with E-state index >= 15 is 0 Å². The molecule has 3 heteroatoms. The highest BCUT2D eigenvalue weighted by molar-refractivity contribution is 14.1. The molecule has 3 rings (SSSR count). The van der Waals surface area contributed by atoms with Crippen LogP contribution in [-0.4, -0.2) is 0 Å². The summed E-state index contributed by atoms with van der Waals surface area (Å²) in [6, 6.07) is 15.1. The van der Waals surface area contributed by atoms with Gasteiger partial charge in [0.15, 0.2) is 0 Å². The third-order valence-electron chi connectivity index (χ3n) is 4.02. The summed E-state index contributed by atoms with van der Waals surface area (Å²) < 4.78 is 1.16. The number of fused-ring (bicyclic) bond motifs is 1. The van der Waals surface area contributed by atoms with Crippen LogP contribution in [0.1, 0.15) is 31.0 Å². The van der Waals surface area contributed by atoms with Crippen LogP contribution < -0.4 is 5.32 Å².